The molecule has 1 heterocycles. The third kappa shape index (κ3) is 2.69. The fraction of sp³-hybridized carbons (Fsp3) is 0.500. The first-order valence-corrected chi connectivity index (χ1v) is 3.79. The molecule has 5 nitrogen and oxygen atoms in total. The number of aromatic amines is 1. The van der Waals surface area contributed by atoms with Gasteiger partial charge in [-0.1, -0.05) is 0 Å². The van der Waals surface area contributed by atoms with Crippen LogP contribution in [0, 0.1) is 0 Å². The van der Waals surface area contributed by atoms with Crippen LogP contribution in [0.3, 0.4) is 0 Å². The maximum Gasteiger partial charge on any atom is 0.416 e. The lowest BCUT2D eigenvalue weighted by atomic mass is 10.2. The Labute approximate surface area is 73.5 Å². The van der Waals surface area contributed by atoms with Gasteiger partial charge in [-0.05, 0) is 11.8 Å². The summed E-state index contributed by atoms with van der Waals surface area (Å²) in [5, 5.41) is 9.19. The average molecular weight is 193 g/mol. The van der Waals surface area contributed by atoms with Gasteiger partial charge < -0.3 is 9.52 Å². The van der Waals surface area contributed by atoms with Crippen LogP contribution >= 0.6 is 11.8 Å². The summed E-state index contributed by atoms with van der Waals surface area (Å²) >= 11 is 5.16. The summed E-state index contributed by atoms with van der Waals surface area (Å²) in [6.07, 6.45) is 1.03. The van der Waals surface area contributed by atoms with E-state index in [2.05, 4.69) is 14.2 Å². The zero-order valence-electron chi connectivity index (χ0n) is 6.21. The standard InChI is InChI=1S/C6H9ClN2O3/c7-9-2-4(10)1-5-3-8-6(11)12-5/h3-4,9-10H,1-2H2,(H,8,11). The van der Waals surface area contributed by atoms with Crippen LogP contribution in [0.4, 0.5) is 0 Å². The molecule has 0 saturated carbocycles. The largest absolute Gasteiger partial charge is 0.416 e. The first-order chi connectivity index (χ1) is 5.72. The molecule has 1 unspecified atom stereocenters. The zero-order chi connectivity index (χ0) is 8.97. The van der Waals surface area contributed by atoms with Gasteiger partial charge in [0.1, 0.15) is 5.76 Å². The van der Waals surface area contributed by atoms with E-state index in [0.29, 0.717) is 5.76 Å². The number of H-pyrrole nitrogens is 1. The normalized spacial score (nSPS) is 13.2. The highest BCUT2D eigenvalue weighted by Gasteiger charge is 2.07. The van der Waals surface area contributed by atoms with Gasteiger partial charge in [-0.15, -0.1) is 0 Å². The monoisotopic (exact) mass is 192 g/mol. The molecule has 0 aliphatic heterocycles. The van der Waals surface area contributed by atoms with E-state index in [1.807, 2.05) is 0 Å². The van der Waals surface area contributed by atoms with Gasteiger partial charge in [-0.3, -0.25) is 4.98 Å². The van der Waals surface area contributed by atoms with Crippen LogP contribution < -0.4 is 10.6 Å². The van der Waals surface area contributed by atoms with Crippen LogP contribution in [0.25, 0.3) is 0 Å². The van der Waals surface area contributed by atoms with Crippen molar-refractivity contribution in [3.63, 3.8) is 0 Å². The summed E-state index contributed by atoms with van der Waals surface area (Å²) in [6.45, 7) is 0.246. The first-order valence-electron chi connectivity index (χ1n) is 3.41. The molecule has 0 saturated heterocycles. The van der Waals surface area contributed by atoms with Crippen LogP contribution in [0.1, 0.15) is 5.76 Å². The van der Waals surface area contributed by atoms with E-state index < -0.39 is 11.9 Å². The molecule has 1 aromatic rings. The van der Waals surface area contributed by atoms with Crippen molar-refractivity contribution in [1.82, 2.24) is 9.82 Å². The summed E-state index contributed by atoms with van der Waals surface area (Å²) in [7, 11) is 0. The molecule has 0 aliphatic carbocycles. The van der Waals surface area contributed by atoms with Crippen LogP contribution in [-0.4, -0.2) is 22.7 Å². The molecule has 1 aromatic heterocycles. The zero-order valence-corrected chi connectivity index (χ0v) is 6.97. The second-order valence-electron chi connectivity index (χ2n) is 2.34. The van der Waals surface area contributed by atoms with E-state index in [0.717, 1.165) is 0 Å². The number of halogens is 1. The molecular weight excluding hydrogens is 184 g/mol. The Bertz CT molecular complexity index is 282. The fourth-order valence-electron chi connectivity index (χ4n) is 0.811. The maximum absolute atomic E-state index is 10.5. The maximum atomic E-state index is 10.5. The minimum Gasteiger partial charge on any atom is -0.413 e. The van der Waals surface area contributed by atoms with Crippen molar-refractivity contribution in [2.24, 2.45) is 0 Å². The third-order valence-corrected chi connectivity index (χ3v) is 1.48. The molecule has 0 bridgehead atoms. The second-order valence-corrected chi connectivity index (χ2v) is 2.61. The van der Waals surface area contributed by atoms with Gasteiger partial charge in [0.05, 0.1) is 6.10 Å². The Hall–Kier alpha value is -0.780. The van der Waals surface area contributed by atoms with Crippen LogP contribution in [0.5, 0.6) is 0 Å². The minimum absolute atomic E-state index is 0.246. The van der Waals surface area contributed by atoms with E-state index in [1.54, 1.807) is 0 Å². The van der Waals surface area contributed by atoms with Crippen LogP contribution in [0.15, 0.2) is 15.4 Å². The first kappa shape index (κ1) is 9.31. The summed E-state index contributed by atoms with van der Waals surface area (Å²) in [5.41, 5.74) is 0. The molecule has 6 heteroatoms. The smallest absolute Gasteiger partial charge is 0.413 e. The minimum atomic E-state index is -0.651. The number of oxazole rings is 1. The summed E-state index contributed by atoms with van der Waals surface area (Å²) in [5.74, 6) is -0.101. The number of aliphatic hydroxyl groups is 1. The molecule has 1 rings (SSSR count). The number of rotatable bonds is 4. The molecule has 68 valence electrons. The number of hydrogen-bond donors (Lipinski definition) is 3. The van der Waals surface area contributed by atoms with Crippen molar-refractivity contribution in [3.05, 3.63) is 22.5 Å². The summed E-state index contributed by atoms with van der Waals surface area (Å²) in [4.78, 5) is 15.1. The fourth-order valence-corrected chi connectivity index (χ4v) is 0.990. The lowest BCUT2D eigenvalue weighted by Crippen LogP contribution is -2.22. The highest BCUT2D eigenvalue weighted by atomic mass is 35.5. The lowest BCUT2D eigenvalue weighted by Gasteiger charge is -2.04. The SMILES string of the molecule is O=c1[nH]cc(CC(O)CNCl)o1. The van der Waals surface area contributed by atoms with Gasteiger partial charge in [0.15, 0.2) is 0 Å². The molecule has 0 spiro atoms. The predicted molar refractivity (Wildman–Crippen MR) is 42.9 cm³/mol. The molecule has 0 aliphatic rings. The number of nitrogens with one attached hydrogen (secondary N) is 2. The molecule has 0 fully saturated rings. The van der Waals surface area contributed by atoms with Crippen LogP contribution in [0.2, 0.25) is 0 Å². The van der Waals surface area contributed by atoms with E-state index in [-0.39, 0.29) is 13.0 Å². The van der Waals surface area contributed by atoms with E-state index in [1.165, 1.54) is 6.20 Å². The topological polar surface area (TPSA) is 78.3 Å². The van der Waals surface area contributed by atoms with Crippen molar-refractivity contribution in [3.8, 4) is 0 Å². The van der Waals surface area contributed by atoms with Crippen molar-refractivity contribution in [1.29, 1.82) is 0 Å². The lowest BCUT2D eigenvalue weighted by molar-refractivity contribution is 0.171. The van der Waals surface area contributed by atoms with Gasteiger partial charge in [-0.25, -0.2) is 9.63 Å². The van der Waals surface area contributed by atoms with Crippen LogP contribution in [-0.2, 0) is 6.42 Å². The van der Waals surface area contributed by atoms with E-state index in [9.17, 15) is 9.90 Å². The number of hydrogen-bond acceptors (Lipinski definition) is 4. The molecule has 12 heavy (non-hydrogen) atoms. The predicted octanol–water partition coefficient (Wildman–Crippen LogP) is -0.385. The van der Waals surface area contributed by atoms with E-state index >= 15 is 0 Å². The highest BCUT2D eigenvalue weighted by Crippen LogP contribution is 1.98. The molecule has 3 N–H and O–H groups in total. The molecule has 0 amide bonds. The van der Waals surface area contributed by atoms with Crippen molar-refractivity contribution in [2.45, 2.75) is 12.5 Å². The second kappa shape index (κ2) is 4.30. The Morgan fingerprint density at radius 1 is 1.83 bits per heavy atom. The van der Waals surface area contributed by atoms with Gasteiger partial charge in [0, 0.05) is 19.2 Å². The summed E-state index contributed by atoms with van der Waals surface area (Å²) < 4.78 is 4.66. The van der Waals surface area contributed by atoms with Crippen molar-refractivity contribution >= 4 is 11.8 Å². The van der Waals surface area contributed by atoms with Gasteiger partial charge in [-0.2, -0.15) is 0 Å². The highest BCUT2D eigenvalue weighted by molar-refractivity contribution is 6.13. The third-order valence-electron chi connectivity index (χ3n) is 1.32. The molecule has 1 atom stereocenters. The quantitative estimate of drug-likeness (QED) is 0.568. The average Bonchev–Trinajstić information content (AvgIpc) is 2.36. The van der Waals surface area contributed by atoms with Gasteiger partial charge >= 0.3 is 5.76 Å². The Kier molecular flexibility index (Phi) is 3.33. The van der Waals surface area contributed by atoms with Gasteiger partial charge in [0.25, 0.3) is 0 Å². The number of aliphatic hydroxyl groups excluding tert-OH is 1. The Balaban J connectivity index is 2.46. The summed E-state index contributed by atoms with van der Waals surface area (Å²) in [6, 6.07) is 0. The van der Waals surface area contributed by atoms with Crippen molar-refractivity contribution in [2.75, 3.05) is 6.54 Å². The van der Waals surface area contributed by atoms with E-state index in [4.69, 9.17) is 11.8 Å². The molecule has 0 radical (unpaired) electrons. The van der Waals surface area contributed by atoms with Gasteiger partial charge in [0.2, 0.25) is 0 Å². The Morgan fingerprint density at radius 3 is 3.08 bits per heavy atom. The Morgan fingerprint density at radius 2 is 2.58 bits per heavy atom. The number of aromatic nitrogens is 1. The molecule has 0 aromatic carbocycles. The van der Waals surface area contributed by atoms with Crippen molar-refractivity contribution < 1.29 is 9.52 Å². The molecular formula is C6H9ClN2O3.